The molecule has 0 bridgehead atoms. The van der Waals surface area contributed by atoms with Gasteiger partial charge in [0.15, 0.2) is 0 Å². The Morgan fingerprint density at radius 3 is 2.67 bits per heavy atom. The van der Waals surface area contributed by atoms with Crippen LogP contribution < -0.4 is 10.1 Å². The molecule has 0 atom stereocenters. The van der Waals surface area contributed by atoms with Crippen LogP contribution in [-0.2, 0) is 9.59 Å². The summed E-state index contributed by atoms with van der Waals surface area (Å²) in [5, 5.41) is 13.9. The van der Waals surface area contributed by atoms with E-state index in [2.05, 4.69) is 15.3 Å². The Morgan fingerprint density at radius 1 is 1.10 bits per heavy atom. The fourth-order valence-corrected chi connectivity index (χ4v) is 6.15. The third-order valence-electron chi connectivity index (χ3n) is 5.85. The van der Waals surface area contributed by atoms with Gasteiger partial charge in [-0.1, -0.05) is 30.0 Å². The zero-order valence-electron chi connectivity index (χ0n) is 20.4. The highest BCUT2D eigenvalue weighted by atomic mass is 32.2. The number of thiocarbonyl (C=S) groups is 1. The van der Waals surface area contributed by atoms with Gasteiger partial charge in [0, 0.05) is 42.0 Å². The van der Waals surface area contributed by atoms with Gasteiger partial charge in [0.1, 0.15) is 15.6 Å². The number of aromatic carboxylic acids is 1. The van der Waals surface area contributed by atoms with Crippen molar-refractivity contribution < 1.29 is 24.2 Å². The van der Waals surface area contributed by atoms with Crippen molar-refractivity contribution in [2.75, 3.05) is 19.0 Å². The van der Waals surface area contributed by atoms with Gasteiger partial charge in [-0.2, -0.15) is 0 Å². The van der Waals surface area contributed by atoms with Crippen LogP contribution in [0, 0.1) is 0 Å². The number of hydrogen-bond donors (Lipinski definition) is 2. The Bertz CT molecular complexity index is 1670. The number of thioether (sulfide) groups is 1. The molecule has 2 N–H and O–H groups in total. The number of carbonyl (C=O) groups excluding carboxylic acids is 2. The molecule has 0 spiro atoms. The number of rotatable bonds is 8. The van der Waals surface area contributed by atoms with Crippen LogP contribution in [0.4, 0.5) is 5.69 Å². The lowest BCUT2D eigenvalue weighted by molar-refractivity contribution is -0.122. The van der Waals surface area contributed by atoms with E-state index in [-0.39, 0.29) is 36.1 Å². The largest absolute Gasteiger partial charge is 0.496 e. The lowest BCUT2D eigenvalue weighted by Gasteiger charge is -2.14. The van der Waals surface area contributed by atoms with E-state index in [1.54, 1.807) is 12.4 Å². The van der Waals surface area contributed by atoms with Crippen LogP contribution in [0.5, 0.6) is 5.75 Å². The number of anilines is 1. The number of thiophene rings is 1. The van der Waals surface area contributed by atoms with Crippen molar-refractivity contribution >= 4 is 80.2 Å². The minimum atomic E-state index is -1.13. The molecule has 2 amide bonds. The molecule has 9 nitrogen and oxygen atoms in total. The number of carboxylic acids is 1. The summed E-state index contributed by atoms with van der Waals surface area (Å²) in [5.74, 6) is -1.59. The number of benzene rings is 2. The quantitative estimate of drug-likeness (QED) is 0.213. The van der Waals surface area contributed by atoms with Crippen LogP contribution in [0.2, 0.25) is 0 Å². The van der Waals surface area contributed by atoms with Gasteiger partial charge >= 0.3 is 5.97 Å². The average Bonchev–Trinajstić information content (AvgIpc) is 3.50. The van der Waals surface area contributed by atoms with E-state index in [1.807, 2.05) is 35.7 Å². The summed E-state index contributed by atoms with van der Waals surface area (Å²) >= 11 is 8.12. The molecule has 2 aromatic carbocycles. The molecule has 0 radical (unpaired) electrons. The molecule has 1 aliphatic rings. The minimum absolute atomic E-state index is 0.00992. The van der Waals surface area contributed by atoms with Gasteiger partial charge in [0.05, 0.1) is 23.0 Å². The molecule has 2 aromatic heterocycles. The second-order valence-electron chi connectivity index (χ2n) is 8.35. The molecular weight excluding hydrogens is 557 g/mol. The SMILES string of the molecule is COc1cc(NC(=O)CCN2C(=O)/C(=C/c3cc(-c4ccc5nccnc5c4)cs3)SC2=S)ccc1C(=O)O. The highest BCUT2D eigenvalue weighted by Gasteiger charge is 2.32. The van der Waals surface area contributed by atoms with Gasteiger partial charge in [0.2, 0.25) is 5.91 Å². The lowest BCUT2D eigenvalue weighted by atomic mass is 10.1. The van der Waals surface area contributed by atoms with Crippen molar-refractivity contribution in [2.45, 2.75) is 6.42 Å². The Labute approximate surface area is 236 Å². The molecule has 0 unspecified atom stereocenters. The highest BCUT2D eigenvalue weighted by molar-refractivity contribution is 8.26. The van der Waals surface area contributed by atoms with Crippen LogP contribution in [0.1, 0.15) is 21.7 Å². The second kappa shape index (κ2) is 11.3. The molecular formula is C27H20N4O5S3. The molecule has 1 aliphatic heterocycles. The third kappa shape index (κ3) is 5.82. The van der Waals surface area contributed by atoms with Crippen LogP contribution in [0.15, 0.2) is 65.1 Å². The van der Waals surface area contributed by atoms with Crippen molar-refractivity contribution in [2.24, 2.45) is 0 Å². The van der Waals surface area contributed by atoms with E-state index in [0.717, 1.165) is 27.0 Å². The first-order valence-corrected chi connectivity index (χ1v) is 13.7. The van der Waals surface area contributed by atoms with Gasteiger partial charge in [-0.05, 0) is 52.9 Å². The van der Waals surface area contributed by atoms with E-state index in [9.17, 15) is 19.5 Å². The molecule has 3 heterocycles. The molecule has 0 saturated carbocycles. The van der Waals surface area contributed by atoms with Gasteiger partial charge in [-0.25, -0.2) is 4.79 Å². The number of carbonyl (C=O) groups is 3. The van der Waals surface area contributed by atoms with Crippen LogP contribution in [0.25, 0.3) is 28.2 Å². The fourth-order valence-electron chi connectivity index (χ4n) is 3.93. The normalized spacial score (nSPS) is 14.3. The summed E-state index contributed by atoms with van der Waals surface area (Å²) in [4.78, 5) is 48.3. The number of hydrogen-bond acceptors (Lipinski definition) is 9. The second-order valence-corrected chi connectivity index (χ2v) is 11.0. The molecule has 4 aromatic rings. The standard InChI is InChI=1S/C27H20N4O5S3/c1-36-22-12-17(3-4-19(22)26(34)35)30-24(32)6-9-31-25(33)23(39-27(31)37)13-18-10-16(14-38-18)15-2-5-20-21(11-15)29-8-7-28-20/h2-5,7-8,10-14H,6,9H2,1H3,(H,30,32)(H,34,35)/b23-13-. The molecule has 1 fully saturated rings. The van der Waals surface area contributed by atoms with Crippen molar-refractivity contribution in [3.05, 3.63) is 75.6 Å². The van der Waals surface area contributed by atoms with E-state index in [1.165, 1.54) is 53.3 Å². The summed E-state index contributed by atoms with van der Waals surface area (Å²) in [6, 6.07) is 12.2. The number of fused-ring (bicyclic) bond motifs is 1. The molecule has 0 aliphatic carbocycles. The first-order chi connectivity index (χ1) is 18.8. The zero-order valence-corrected chi connectivity index (χ0v) is 22.9. The van der Waals surface area contributed by atoms with Crippen LogP contribution >= 0.6 is 35.3 Å². The third-order valence-corrected chi connectivity index (χ3v) is 8.10. The number of nitrogens with one attached hydrogen (secondary N) is 1. The van der Waals surface area contributed by atoms with Gasteiger partial charge < -0.3 is 15.2 Å². The molecule has 39 heavy (non-hydrogen) atoms. The first kappa shape index (κ1) is 26.5. The van der Waals surface area contributed by atoms with Crippen molar-refractivity contribution in [1.29, 1.82) is 0 Å². The lowest BCUT2D eigenvalue weighted by Crippen LogP contribution is -2.31. The van der Waals surface area contributed by atoms with Gasteiger partial charge in [0.25, 0.3) is 5.91 Å². The maximum absolute atomic E-state index is 13.0. The van der Waals surface area contributed by atoms with E-state index in [0.29, 0.717) is 14.9 Å². The van der Waals surface area contributed by atoms with Crippen LogP contribution in [-0.4, -0.2) is 55.7 Å². The first-order valence-electron chi connectivity index (χ1n) is 11.6. The van der Waals surface area contributed by atoms with Gasteiger partial charge in [-0.3, -0.25) is 24.5 Å². The molecule has 196 valence electrons. The average molecular weight is 577 g/mol. The monoisotopic (exact) mass is 576 g/mol. The highest BCUT2D eigenvalue weighted by Crippen LogP contribution is 2.35. The number of amides is 2. The smallest absolute Gasteiger partial charge is 0.339 e. The zero-order chi connectivity index (χ0) is 27.5. The summed E-state index contributed by atoms with van der Waals surface area (Å²) in [5.41, 5.74) is 4.03. The number of ether oxygens (including phenoxy) is 1. The Hall–Kier alpha value is -4.13. The fraction of sp³-hybridized carbons (Fsp3) is 0.111. The Morgan fingerprint density at radius 2 is 1.90 bits per heavy atom. The van der Waals surface area contributed by atoms with Crippen molar-refractivity contribution in [1.82, 2.24) is 14.9 Å². The number of carboxylic acid groups (broad SMARTS) is 1. The topological polar surface area (TPSA) is 122 Å². The predicted molar refractivity (Wildman–Crippen MR) is 156 cm³/mol. The molecule has 1 saturated heterocycles. The predicted octanol–water partition coefficient (Wildman–Crippen LogP) is 5.30. The van der Waals surface area contributed by atoms with Crippen molar-refractivity contribution in [3.63, 3.8) is 0 Å². The minimum Gasteiger partial charge on any atom is -0.496 e. The number of aromatic nitrogens is 2. The summed E-state index contributed by atoms with van der Waals surface area (Å²) in [6.07, 6.45) is 5.14. The van der Waals surface area contributed by atoms with Crippen LogP contribution in [0.3, 0.4) is 0 Å². The van der Waals surface area contributed by atoms with E-state index >= 15 is 0 Å². The summed E-state index contributed by atoms with van der Waals surface area (Å²) in [7, 11) is 1.35. The van der Waals surface area contributed by atoms with Gasteiger partial charge in [-0.15, -0.1) is 11.3 Å². The van der Waals surface area contributed by atoms with Crippen molar-refractivity contribution in [3.8, 4) is 16.9 Å². The summed E-state index contributed by atoms with van der Waals surface area (Å²) < 4.78 is 5.47. The summed E-state index contributed by atoms with van der Waals surface area (Å²) in [6.45, 7) is 0.117. The molecule has 12 heteroatoms. The van der Waals surface area contributed by atoms with E-state index < -0.39 is 5.97 Å². The maximum Gasteiger partial charge on any atom is 0.339 e. The number of nitrogens with zero attached hydrogens (tertiary/aromatic N) is 3. The molecule has 5 rings (SSSR count). The Kier molecular flexibility index (Phi) is 7.68. The van der Waals surface area contributed by atoms with E-state index in [4.69, 9.17) is 17.0 Å². The maximum atomic E-state index is 13.0. The Balaban J connectivity index is 1.22. The number of methoxy groups -OCH3 is 1.